The van der Waals surface area contributed by atoms with Crippen LogP contribution in [0.4, 0.5) is 0 Å². The molecule has 134 valence electrons. The summed E-state index contributed by atoms with van der Waals surface area (Å²) in [5.41, 5.74) is 10.0. The standard InChI is InChI=1S/C24H34Si/c1-16-8-10-25(7,11-9-16)23-14-19(4)24(20(5)15-23)22-12-17(2)21(6)18(3)13-22/h12-16H,8-11H2,1-7H3. The van der Waals surface area contributed by atoms with Crippen molar-refractivity contribution >= 4 is 13.3 Å². The first kappa shape index (κ1) is 18.4. The van der Waals surface area contributed by atoms with Crippen molar-refractivity contribution < 1.29 is 0 Å². The molecule has 2 aromatic rings. The Hall–Kier alpha value is -1.34. The van der Waals surface area contributed by atoms with Gasteiger partial charge in [0.15, 0.2) is 0 Å². The molecule has 0 bridgehead atoms. The van der Waals surface area contributed by atoms with Gasteiger partial charge in [-0.2, -0.15) is 0 Å². The van der Waals surface area contributed by atoms with Crippen LogP contribution in [0.15, 0.2) is 24.3 Å². The minimum absolute atomic E-state index is 0.931. The van der Waals surface area contributed by atoms with E-state index in [4.69, 9.17) is 0 Å². The van der Waals surface area contributed by atoms with Crippen LogP contribution in [0.3, 0.4) is 0 Å². The van der Waals surface area contributed by atoms with Crippen LogP contribution in [0.2, 0.25) is 18.6 Å². The average Bonchev–Trinajstić information content (AvgIpc) is 2.54. The number of rotatable bonds is 2. The Balaban J connectivity index is 2.04. The van der Waals surface area contributed by atoms with Crippen LogP contribution >= 0.6 is 0 Å². The van der Waals surface area contributed by atoms with Crippen LogP contribution in [-0.2, 0) is 0 Å². The van der Waals surface area contributed by atoms with Crippen LogP contribution < -0.4 is 5.19 Å². The third-order valence-electron chi connectivity index (χ3n) is 6.82. The summed E-state index contributed by atoms with van der Waals surface area (Å²) in [6, 6.07) is 12.8. The molecule has 1 fully saturated rings. The summed E-state index contributed by atoms with van der Waals surface area (Å²) < 4.78 is 0. The SMILES string of the molecule is Cc1cc(-c2c(C)cc([Si]3(C)CCC(C)CC3)cc2C)cc(C)c1C. The van der Waals surface area contributed by atoms with E-state index in [1.807, 2.05) is 0 Å². The van der Waals surface area contributed by atoms with Crippen LogP contribution in [0.5, 0.6) is 0 Å². The van der Waals surface area contributed by atoms with Gasteiger partial charge in [0.05, 0.1) is 8.07 Å². The van der Waals surface area contributed by atoms with Gasteiger partial charge < -0.3 is 0 Å². The fourth-order valence-electron chi connectivity index (χ4n) is 4.64. The summed E-state index contributed by atoms with van der Waals surface area (Å²) in [4.78, 5) is 0. The second-order valence-electron chi connectivity index (χ2n) is 8.96. The number of aryl methyl sites for hydroxylation is 4. The van der Waals surface area contributed by atoms with E-state index >= 15 is 0 Å². The largest absolute Gasteiger partial charge is 0.0837 e. The molecular weight excluding hydrogens is 316 g/mol. The Labute approximate surface area is 155 Å². The fourth-order valence-corrected chi connectivity index (χ4v) is 8.85. The van der Waals surface area contributed by atoms with Gasteiger partial charge in [-0.15, -0.1) is 0 Å². The Morgan fingerprint density at radius 3 is 1.72 bits per heavy atom. The summed E-state index contributed by atoms with van der Waals surface area (Å²) in [6.07, 6.45) is 2.86. The van der Waals surface area contributed by atoms with Crippen molar-refractivity contribution in [2.24, 2.45) is 5.92 Å². The average molecular weight is 351 g/mol. The topological polar surface area (TPSA) is 0 Å². The lowest BCUT2D eigenvalue weighted by Crippen LogP contribution is -2.47. The second-order valence-corrected chi connectivity index (χ2v) is 13.7. The Morgan fingerprint density at radius 1 is 0.760 bits per heavy atom. The van der Waals surface area contributed by atoms with Gasteiger partial charge in [-0.3, -0.25) is 0 Å². The lowest BCUT2D eigenvalue weighted by molar-refractivity contribution is 0.514. The smallest absolute Gasteiger partial charge is 0.0652 e. The van der Waals surface area contributed by atoms with Gasteiger partial charge >= 0.3 is 0 Å². The molecule has 3 rings (SSSR count). The van der Waals surface area contributed by atoms with E-state index in [9.17, 15) is 0 Å². The van der Waals surface area contributed by atoms with Gasteiger partial charge in [0, 0.05) is 0 Å². The zero-order valence-corrected chi connectivity index (χ0v) is 18.2. The maximum absolute atomic E-state index is 2.62. The lowest BCUT2D eigenvalue weighted by atomic mass is 9.91. The summed E-state index contributed by atoms with van der Waals surface area (Å²) in [7, 11) is -1.27. The summed E-state index contributed by atoms with van der Waals surface area (Å²) in [5, 5.41) is 1.69. The van der Waals surface area contributed by atoms with Crippen LogP contribution in [0.1, 0.15) is 47.6 Å². The predicted octanol–water partition coefficient (Wildman–Crippen LogP) is 6.61. The lowest BCUT2D eigenvalue weighted by Gasteiger charge is -2.35. The van der Waals surface area contributed by atoms with Gasteiger partial charge in [-0.1, -0.05) is 67.9 Å². The molecule has 1 aliphatic rings. The zero-order valence-electron chi connectivity index (χ0n) is 17.2. The molecule has 0 unspecified atom stereocenters. The van der Waals surface area contributed by atoms with Crippen molar-refractivity contribution in [3.63, 3.8) is 0 Å². The molecule has 0 aliphatic carbocycles. The fraction of sp³-hybridized carbons (Fsp3) is 0.500. The van der Waals surface area contributed by atoms with E-state index in [1.54, 1.807) is 5.19 Å². The normalized spacial score (nSPS) is 23.7. The van der Waals surface area contributed by atoms with Crippen molar-refractivity contribution in [1.29, 1.82) is 0 Å². The quantitative estimate of drug-likeness (QED) is 0.534. The van der Waals surface area contributed by atoms with Gasteiger partial charge in [0.1, 0.15) is 0 Å². The van der Waals surface area contributed by atoms with E-state index in [1.165, 1.54) is 63.9 Å². The molecule has 0 atom stereocenters. The summed E-state index contributed by atoms with van der Waals surface area (Å²) >= 11 is 0. The van der Waals surface area contributed by atoms with Crippen molar-refractivity contribution in [3.8, 4) is 11.1 Å². The molecule has 0 aromatic heterocycles. The van der Waals surface area contributed by atoms with E-state index in [0.717, 1.165) is 5.92 Å². The van der Waals surface area contributed by atoms with Gasteiger partial charge in [-0.05, 0) is 79.5 Å². The Morgan fingerprint density at radius 2 is 1.24 bits per heavy atom. The third-order valence-corrected chi connectivity index (χ3v) is 11.3. The first-order valence-corrected chi connectivity index (χ1v) is 12.8. The first-order chi connectivity index (χ1) is 11.7. The molecule has 1 saturated heterocycles. The van der Waals surface area contributed by atoms with Gasteiger partial charge in [0.2, 0.25) is 0 Å². The van der Waals surface area contributed by atoms with Crippen molar-refractivity contribution in [3.05, 3.63) is 52.1 Å². The molecule has 0 spiro atoms. The molecule has 1 heterocycles. The summed E-state index contributed by atoms with van der Waals surface area (Å²) in [6.45, 7) is 16.4. The summed E-state index contributed by atoms with van der Waals surface area (Å²) in [5.74, 6) is 0.931. The monoisotopic (exact) mass is 350 g/mol. The minimum atomic E-state index is -1.27. The first-order valence-electron chi connectivity index (χ1n) is 9.91. The zero-order chi connectivity index (χ0) is 18.4. The van der Waals surface area contributed by atoms with Gasteiger partial charge in [0.25, 0.3) is 0 Å². The molecule has 0 amide bonds. The molecule has 0 nitrogen and oxygen atoms in total. The Kier molecular flexibility index (Phi) is 4.99. The van der Waals surface area contributed by atoms with Gasteiger partial charge in [-0.25, -0.2) is 0 Å². The van der Waals surface area contributed by atoms with Crippen molar-refractivity contribution in [1.82, 2.24) is 0 Å². The number of benzene rings is 2. The highest BCUT2D eigenvalue weighted by atomic mass is 28.3. The van der Waals surface area contributed by atoms with Crippen molar-refractivity contribution in [2.75, 3.05) is 0 Å². The Bertz CT molecular complexity index is 746. The number of hydrogen-bond acceptors (Lipinski definition) is 0. The third kappa shape index (κ3) is 3.49. The van der Waals surface area contributed by atoms with Crippen LogP contribution in [0.25, 0.3) is 11.1 Å². The maximum atomic E-state index is 2.62. The van der Waals surface area contributed by atoms with E-state index in [-0.39, 0.29) is 0 Å². The molecule has 0 radical (unpaired) electrons. The highest BCUT2D eigenvalue weighted by Crippen LogP contribution is 2.35. The molecule has 1 aliphatic heterocycles. The predicted molar refractivity (Wildman–Crippen MR) is 115 cm³/mol. The molecule has 0 N–H and O–H groups in total. The van der Waals surface area contributed by atoms with Crippen LogP contribution in [0, 0.1) is 40.5 Å². The molecule has 2 aromatic carbocycles. The second kappa shape index (κ2) is 6.76. The highest BCUT2D eigenvalue weighted by Gasteiger charge is 2.34. The van der Waals surface area contributed by atoms with E-state index < -0.39 is 8.07 Å². The maximum Gasteiger partial charge on any atom is 0.0837 e. The number of hydrogen-bond donors (Lipinski definition) is 0. The molecule has 1 heteroatoms. The minimum Gasteiger partial charge on any atom is -0.0652 e. The van der Waals surface area contributed by atoms with Crippen LogP contribution in [-0.4, -0.2) is 8.07 Å². The van der Waals surface area contributed by atoms with Crippen molar-refractivity contribution in [2.45, 2.75) is 73.0 Å². The molecule has 25 heavy (non-hydrogen) atoms. The van der Waals surface area contributed by atoms with E-state index in [2.05, 4.69) is 72.4 Å². The highest BCUT2D eigenvalue weighted by molar-refractivity contribution is 6.91. The van der Waals surface area contributed by atoms with E-state index in [0.29, 0.717) is 0 Å². The molecule has 0 saturated carbocycles. The molecular formula is C24H34Si.